The molecule has 0 aromatic heterocycles. The van der Waals surface area contributed by atoms with Crippen molar-refractivity contribution in [2.24, 2.45) is 0 Å². The van der Waals surface area contributed by atoms with Gasteiger partial charge in [-0.05, 0) is 18.2 Å². The fraction of sp³-hybridized carbons (Fsp3) is 0.167. The van der Waals surface area contributed by atoms with Crippen molar-refractivity contribution in [1.29, 1.82) is 0 Å². The molecule has 1 aliphatic carbocycles. The van der Waals surface area contributed by atoms with E-state index in [0.29, 0.717) is 34.6 Å². The summed E-state index contributed by atoms with van der Waals surface area (Å²) in [5.74, 6) is 1.30. The Bertz CT molecular complexity index is 775. The fourth-order valence-corrected chi connectivity index (χ4v) is 2.75. The molecule has 2 aromatic rings. The van der Waals surface area contributed by atoms with E-state index in [-0.39, 0.29) is 11.5 Å². The second-order valence-corrected chi connectivity index (χ2v) is 5.06. The summed E-state index contributed by atoms with van der Waals surface area (Å²) in [6.45, 7) is 0. The third-order valence-electron chi connectivity index (χ3n) is 3.82. The van der Waals surface area contributed by atoms with E-state index >= 15 is 0 Å². The van der Waals surface area contributed by atoms with Crippen LogP contribution in [0.15, 0.2) is 42.0 Å². The zero-order valence-electron chi connectivity index (χ0n) is 12.4. The van der Waals surface area contributed by atoms with Gasteiger partial charge in [-0.25, -0.2) is 0 Å². The van der Waals surface area contributed by atoms with E-state index < -0.39 is 0 Å². The zero-order chi connectivity index (χ0) is 15.7. The molecule has 0 amide bonds. The summed E-state index contributed by atoms with van der Waals surface area (Å²) in [7, 11) is 3.14. The highest BCUT2D eigenvalue weighted by molar-refractivity contribution is 6.16. The van der Waals surface area contributed by atoms with Gasteiger partial charge in [0, 0.05) is 28.7 Å². The quantitative estimate of drug-likeness (QED) is 0.884. The SMILES string of the molecule is COc1cccc(/C=C2/Cc3c(O)cccc3C2=O)c1OC. The fourth-order valence-electron chi connectivity index (χ4n) is 2.75. The van der Waals surface area contributed by atoms with Gasteiger partial charge in [0.25, 0.3) is 0 Å². The number of methoxy groups -OCH3 is 2. The Morgan fingerprint density at radius 3 is 2.55 bits per heavy atom. The monoisotopic (exact) mass is 296 g/mol. The predicted octanol–water partition coefficient (Wildman–Crippen LogP) is 3.23. The molecule has 3 rings (SSSR count). The summed E-state index contributed by atoms with van der Waals surface area (Å²) in [6.07, 6.45) is 2.21. The molecular weight excluding hydrogens is 280 g/mol. The van der Waals surface area contributed by atoms with Crippen LogP contribution in [0.25, 0.3) is 6.08 Å². The lowest BCUT2D eigenvalue weighted by molar-refractivity contribution is 0.104. The summed E-state index contributed by atoms with van der Waals surface area (Å²) in [4.78, 5) is 12.5. The van der Waals surface area contributed by atoms with Crippen molar-refractivity contribution in [3.63, 3.8) is 0 Å². The average molecular weight is 296 g/mol. The van der Waals surface area contributed by atoms with Crippen molar-refractivity contribution in [3.8, 4) is 17.2 Å². The second kappa shape index (κ2) is 5.56. The van der Waals surface area contributed by atoms with Gasteiger partial charge in [0.1, 0.15) is 5.75 Å². The van der Waals surface area contributed by atoms with Gasteiger partial charge in [-0.15, -0.1) is 0 Å². The highest BCUT2D eigenvalue weighted by atomic mass is 16.5. The summed E-state index contributed by atoms with van der Waals surface area (Å²) in [5.41, 5.74) is 2.65. The maximum atomic E-state index is 12.5. The average Bonchev–Trinajstić information content (AvgIpc) is 2.85. The number of ketones is 1. The zero-order valence-corrected chi connectivity index (χ0v) is 12.4. The van der Waals surface area contributed by atoms with Gasteiger partial charge < -0.3 is 14.6 Å². The number of phenols is 1. The smallest absolute Gasteiger partial charge is 0.189 e. The van der Waals surface area contributed by atoms with Gasteiger partial charge in [0.15, 0.2) is 17.3 Å². The van der Waals surface area contributed by atoms with E-state index in [1.807, 2.05) is 12.1 Å². The van der Waals surface area contributed by atoms with Gasteiger partial charge in [0.2, 0.25) is 0 Å². The third-order valence-corrected chi connectivity index (χ3v) is 3.82. The van der Waals surface area contributed by atoms with Crippen LogP contribution in [0.2, 0.25) is 0 Å². The summed E-state index contributed by atoms with van der Waals surface area (Å²) >= 11 is 0. The topological polar surface area (TPSA) is 55.8 Å². The molecule has 0 aliphatic heterocycles. The maximum Gasteiger partial charge on any atom is 0.189 e. The molecule has 4 nitrogen and oxygen atoms in total. The predicted molar refractivity (Wildman–Crippen MR) is 83.7 cm³/mol. The second-order valence-electron chi connectivity index (χ2n) is 5.06. The molecule has 0 bridgehead atoms. The largest absolute Gasteiger partial charge is 0.508 e. The molecule has 22 heavy (non-hydrogen) atoms. The lowest BCUT2D eigenvalue weighted by Crippen LogP contribution is -1.97. The molecule has 112 valence electrons. The molecule has 0 saturated heterocycles. The van der Waals surface area contributed by atoms with Crippen molar-refractivity contribution in [1.82, 2.24) is 0 Å². The van der Waals surface area contributed by atoms with E-state index in [9.17, 15) is 9.90 Å². The van der Waals surface area contributed by atoms with Crippen LogP contribution in [0.3, 0.4) is 0 Å². The summed E-state index contributed by atoms with van der Waals surface area (Å²) < 4.78 is 10.7. The number of hydrogen-bond acceptors (Lipinski definition) is 4. The molecule has 2 aromatic carbocycles. The molecule has 0 atom stereocenters. The Kier molecular flexibility index (Phi) is 3.59. The maximum absolute atomic E-state index is 12.5. The number of carbonyl (C=O) groups is 1. The van der Waals surface area contributed by atoms with E-state index in [1.54, 1.807) is 44.6 Å². The van der Waals surface area contributed by atoms with Crippen LogP contribution in [0.5, 0.6) is 17.2 Å². The molecule has 0 heterocycles. The standard InChI is InChI=1S/C18H16O4/c1-21-16-8-3-5-11(18(16)22-2)9-12-10-14-13(17(12)20)6-4-7-15(14)19/h3-9,19H,10H2,1-2H3/b12-9-. The van der Waals surface area contributed by atoms with Crippen LogP contribution in [0.4, 0.5) is 0 Å². The Balaban J connectivity index is 2.06. The van der Waals surface area contributed by atoms with E-state index in [2.05, 4.69) is 0 Å². The Morgan fingerprint density at radius 2 is 1.86 bits per heavy atom. The van der Waals surface area contributed by atoms with Crippen LogP contribution >= 0.6 is 0 Å². The number of para-hydroxylation sites is 1. The number of Topliss-reactive ketones (excluding diaryl/α,β-unsaturated/α-hetero) is 1. The van der Waals surface area contributed by atoms with Gasteiger partial charge in [-0.1, -0.05) is 24.3 Å². The first-order valence-corrected chi connectivity index (χ1v) is 6.92. The molecule has 0 fully saturated rings. The van der Waals surface area contributed by atoms with Crippen molar-refractivity contribution >= 4 is 11.9 Å². The van der Waals surface area contributed by atoms with Gasteiger partial charge >= 0.3 is 0 Å². The van der Waals surface area contributed by atoms with E-state index in [1.165, 1.54) is 0 Å². The van der Waals surface area contributed by atoms with E-state index in [0.717, 1.165) is 5.56 Å². The van der Waals surface area contributed by atoms with Crippen molar-refractivity contribution < 1.29 is 19.4 Å². The minimum Gasteiger partial charge on any atom is -0.508 e. The molecule has 1 aliphatic rings. The Labute approximate surface area is 128 Å². The normalized spacial score (nSPS) is 15.0. The molecule has 1 N–H and O–H groups in total. The summed E-state index contributed by atoms with van der Waals surface area (Å²) in [6, 6.07) is 10.5. The third kappa shape index (κ3) is 2.22. The van der Waals surface area contributed by atoms with Crippen LogP contribution in [-0.4, -0.2) is 25.1 Å². The van der Waals surface area contributed by atoms with Crippen molar-refractivity contribution in [2.75, 3.05) is 14.2 Å². The number of rotatable bonds is 3. The van der Waals surface area contributed by atoms with Gasteiger partial charge in [-0.3, -0.25) is 4.79 Å². The molecular formula is C18H16O4. The molecule has 4 heteroatoms. The first kappa shape index (κ1) is 14.2. The number of ether oxygens (including phenoxy) is 2. The number of benzene rings is 2. The molecule has 0 spiro atoms. The minimum atomic E-state index is -0.0595. The number of allylic oxidation sites excluding steroid dienone is 1. The highest BCUT2D eigenvalue weighted by Crippen LogP contribution is 2.36. The molecule has 0 radical (unpaired) electrons. The first-order valence-electron chi connectivity index (χ1n) is 6.92. The van der Waals surface area contributed by atoms with Crippen LogP contribution in [-0.2, 0) is 6.42 Å². The van der Waals surface area contributed by atoms with Gasteiger partial charge in [-0.2, -0.15) is 0 Å². The molecule has 0 saturated carbocycles. The Morgan fingerprint density at radius 1 is 1.09 bits per heavy atom. The van der Waals surface area contributed by atoms with Crippen LogP contribution in [0.1, 0.15) is 21.5 Å². The van der Waals surface area contributed by atoms with Crippen molar-refractivity contribution in [3.05, 3.63) is 58.7 Å². The van der Waals surface area contributed by atoms with Crippen LogP contribution < -0.4 is 9.47 Å². The minimum absolute atomic E-state index is 0.0595. The van der Waals surface area contributed by atoms with Crippen molar-refractivity contribution in [2.45, 2.75) is 6.42 Å². The number of carbonyl (C=O) groups excluding carboxylic acids is 1. The van der Waals surface area contributed by atoms with E-state index in [4.69, 9.17) is 9.47 Å². The Hall–Kier alpha value is -2.75. The first-order chi connectivity index (χ1) is 10.7. The number of phenolic OH excluding ortho intramolecular Hbond substituents is 1. The lowest BCUT2D eigenvalue weighted by atomic mass is 10.1. The number of fused-ring (bicyclic) bond motifs is 1. The van der Waals surface area contributed by atoms with Gasteiger partial charge in [0.05, 0.1) is 14.2 Å². The van der Waals surface area contributed by atoms with Crippen LogP contribution in [0, 0.1) is 0 Å². The lowest BCUT2D eigenvalue weighted by Gasteiger charge is -2.10. The number of hydrogen-bond donors (Lipinski definition) is 1. The molecule has 0 unspecified atom stereocenters. The highest BCUT2D eigenvalue weighted by Gasteiger charge is 2.27. The number of aromatic hydroxyl groups is 1. The summed E-state index contributed by atoms with van der Waals surface area (Å²) in [5, 5.41) is 9.89.